The number of carbonyl (C=O) groups is 1. The van der Waals surface area contributed by atoms with E-state index in [4.69, 9.17) is 0 Å². The fourth-order valence-corrected chi connectivity index (χ4v) is 1.45. The van der Waals surface area contributed by atoms with Gasteiger partial charge in [-0.2, -0.15) is 0 Å². The second-order valence-corrected chi connectivity index (χ2v) is 3.64. The van der Waals surface area contributed by atoms with E-state index >= 15 is 0 Å². The summed E-state index contributed by atoms with van der Waals surface area (Å²) in [7, 11) is 1.92. The average Bonchev–Trinajstić information content (AvgIpc) is 2.78. The molecule has 1 aliphatic rings. The van der Waals surface area contributed by atoms with Gasteiger partial charge in [0.1, 0.15) is 5.82 Å². The molecule has 1 heterocycles. The van der Waals surface area contributed by atoms with E-state index in [2.05, 4.69) is 5.32 Å². The molecule has 2 rings (SSSR count). The summed E-state index contributed by atoms with van der Waals surface area (Å²) in [5.74, 6) is 1.17. The molecular weight excluding hydrogens is 164 g/mol. The monoisotopic (exact) mass is 178 g/mol. The normalized spacial score (nSPS) is 15.8. The topological polar surface area (TPSA) is 34.0 Å². The van der Waals surface area contributed by atoms with Crippen LogP contribution in [-0.2, 0) is 7.05 Å². The zero-order valence-electron chi connectivity index (χ0n) is 8.00. The van der Waals surface area contributed by atoms with E-state index < -0.39 is 0 Å². The van der Waals surface area contributed by atoms with E-state index in [1.165, 1.54) is 12.8 Å². The van der Waals surface area contributed by atoms with E-state index in [0.717, 1.165) is 11.5 Å². The van der Waals surface area contributed by atoms with Gasteiger partial charge in [0.25, 0.3) is 0 Å². The standard InChI is InChI=1S/C10H14N2O/c1-7(13)9-5-6-10(12(9)2)11-8-3-4-8/h5-6,8,11H,3-4H2,1-2H3. The van der Waals surface area contributed by atoms with Crippen molar-refractivity contribution in [3.8, 4) is 0 Å². The summed E-state index contributed by atoms with van der Waals surface area (Å²) in [5.41, 5.74) is 0.767. The number of ketones is 1. The summed E-state index contributed by atoms with van der Waals surface area (Å²) in [5, 5.41) is 3.37. The van der Waals surface area contributed by atoms with Crippen molar-refractivity contribution in [2.24, 2.45) is 7.05 Å². The van der Waals surface area contributed by atoms with Gasteiger partial charge < -0.3 is 9.88 Å². The first kappa shape index (κ1) is 8.35. The summed E-state index contributed by atoms with van der Waals surface area (Å²) >= 11 is 0. The maximum atomic E-state index is 11.1. The van der Waals surface area contributed by atoms with Crippen LogP contribution in [0.3, 0.4) is 0 Å². The maximum Gasteiger partial charge on any atom is 0.176 e. The van der Waals surface area contributed by atoms with Gasteiger partial charge in [0.2, 0.25) is 0 Å². The molecule has 0 bridgehead atoms. The van der Waals surface area contributed by atoms with Crippen molar-refractivity contribution in [1.29, 1.82) is 0 Å². The molecule has 0 aromatic carbocycles. The van der Waals surface area contributed by atoms with Crippen molar-refractivity contribution >= 4 is 11.6 Å². The van der Waals surface area contributed by atoms with Gasteiger partial charge >= 0.3 is 0 Å². The van der Waals surface area contributed by atoms with Crippen molar-refractivity contribution in [3.05, 3.63) is 17.8 Å². The third-order valence-corrected chi connectivity index (χ3v) is 2.41. The van der Waals surface area contributed by atoms with Crippen LogP contribution in [0.25, 0.3) is 0 Å². The molecule has 1 N–H and O–H groups in total. The van der Waals surface area contributed by atoms with Crippen LogP contribution in [0.2, 0.25) is 0 Å². The van der Waals surface area contributed by atoms with Gasteiger partial charge in [-0.05, 0) is 25.0 Å². The molecule has 13 heavy (non-hydrogen) atoms. The van der Waals surface area contributed by atoms with Crippen LogP contribution in [0.5, 0.6) is 0 Å². The van der Waals surface area contributed by atoms with E-state index in [1.807, 2.05) is 23.7 Å². The van der Waals surface area contributed by atoms with Crippen LogP contribution >= 0.6 is 0 Å². The van der Waals surface area contributed by atoms with Crippen LogP contribution in [0.1, 0.15) is 30.3 Å². The number of hydrogen-bond donors (Lipinski definition) is 1. The van der Waals surface area contributed by atoms with Gasteiger partial charge in [-0.15, -0.1) is 0 Å². The lowest BCUT2D eigenvalue weighted by atomic mass is 10.3. The number of Topliss-reactive ketones (excluding diaryl/α,β-unsaturated/α-hetero) is 1. The number of anilines is 1. The Balaban J connectivity index is 2.21. The van der Waals surface area contributed by atoms with Crippen LogP contribution in [0.15, 0.2) is 12.1 Å². The molecule has 0 spiro atoms. The van der Waals surface area contributed by atoms with E-state index in [9.17, 15) is 4.79 Å². The van der Waals surface area contributed by atoms with Crippen LogP contribution in [-0.4, -0.2) is 16.4 Å². The van der Waals surface area contributed by atoms with Crippen LogP contribution in [0.4, 0.5) is 5.82 Å². The Bertz CT molecular complexity index is 337. The van der Waals surface area contributed by atoms with Gasteiger partial charge in [0.05, 0.1) is 5.69 Å². The third-order valence-electron chi connectivity index (χ3n) is 2.41. The molecular formula is C10H14N2O. The summed E-state index contributed by atoms with van der Waals surface area (Å²) in [4.78, 5) is 11.1. The van der Waals surface area contributed by atoms with Gasteiger partial charge in [0, 0.05) is 20.0 Å². The predicted molar refractivity (Wildman–Crippen MR) is 52.1 cm³/mol. The van der Waals surface area contributed by atoms with Crippen molar-refractivity contribution in [3.63, 3.8) is 0 Å². The molecule has 1 aromatic heterocycles. The molecule has 1 fully saturated rings. The Morgan fingerprint density at radius 2 is 2.23 bits per heavy atom. The summed E-state index contributed by atoms with van der Waals surface area (Å²) in [6.45, 7) is 1.59. The number of aromatic nitrogens is 1. The maximum absolute atomic E-state index is 11.1. The van der Waals surface area contributed by atoms with Crippen molar-refractivity contribution in [2.45, 2.75) is 25.8 Å². The highest BCUT2D eigenvalue weighted by atomic mass is 16.1. The van der Waals surface area contributed by atoms with Crippen LogP contribution in [0, 0.1) is 0 Å². The van der Waals surface area contributed by atoms with Gasteiger partial charge in [-0.1, -0.05) is 0 Å². The number of carbonyl (C=O) groups excluding carboxylic acids is 1. The molecule has 0 amide bonds. The molecule has 1 aromatic rings. The van der Waals surface area contributed by atoms with Crippen molar-refractivity contribution in [1.82, 2.24) is 4.57 Å². The summed E-state index contributed by atoms with van der Waals surface area (Å²) < 4.78 is 1.92. The second-order valence-electron chi connectivity index (χ2n) is 3.64. The SMILES string of the molecule is CC(=O)c1ccc(NC2CC2)n1C. The summed E-state index contributed by atoms with van der Waals surface area (Å²) in [6.07, 6.45) is 2.50. The van der Waals surface area contributed by atoms with Gasteiger partial charge in [-0.3, -0.25) is 4.79 Å². The molecule has 1 aliphatic carbocycles. The Hall–Kier alpha value is -1.25. The van der Waals surface area contributed by atoms with E-state index in [-0.39, 0.29) is 5.78 Å². The Labute approximate surface area is 77.7 Å². The highest BCUT2D eigenvalue weighted by Crippen LogP contribution is 2.25. The van der Waals surface area contributed by atoms with Crippen molar-refractivity contribution in [2.75, 3.05) is 5.32 Å². The molecule has 0 saturated heterocycles. The summed E-state index contributed by atoms with van der Waals surface area (Å²) in [6, 6.07) is 4.47. The molecule has 0 atom stereocenters. The fraction of sp³-hybridized carbons (Fsp3) is 0.500. The Morgan fingerprint density at radius 1 is 1.54 bits per heavy atom. The second kappa shape index (κ2) is 2.91. The highest BCUT2D eigenvalue weighted by Gasteiger charge is 2.22. The lowest BCUT2D eigenvalue weighted by Crippen LogP contribution is -2.08. The smallest absolute Gasteiger partial charge is 0.176 e. The zero-order valence-corrected chi connectivity index (χ0v) is 8.00. The molecule has 1 saturated carbocycles. The first-order valence-corrected chi connectivity index (χ1v) is 4.61. The molecule has 3 heteroatoms. The molecule has 3 nitrogen and oxygen atoms in total. The minimum Gasteiger partial charge on any atom is -0.369 e. The molecule has 0 radical (unpaired) electrons. The van der Waals surface area contributed by atoms with Crippen molar-refractivity contribution < 1.29 is 4.79 Å². The minimum atomic E-state index is 0.117. The van der Waals surface area contributed by atoms with Gasteiger partial charge in [0.15, 0.2) is 5.78 Å². The van der Waals surface area contributed by atoms with E-state index in [0.29, 0.717) is 6.04 Å². The highest BCUT2D eigenvalue weighted by molar-refractivity contribution is 5.93. The third kappa shape index (κ3) is 1.59. The largest absolute Gasteiger partial charge is 0.369 e. The number of hydrogen-bond acceptors (Lipinski definition) is 2. The van der Waals surface area contributed by atoms with Gasteiger partial charge in [-0.25, -0.2) is 0 Å². The minimum absolute atomic E-state index is 0.117. The fourth-order valence-electron chi connectivity index (χ4n) is 1.45. The predicted octanol–water partition coefficient (Wildman–Crippen LogP) is 1.80. The molecule has 70 valence electrons. The number of nitrogens with one attached hydrogen (secondary N) is 1. The Morgan fingerprint density at radius 3 is 2.69 bits per heavy atom. The first-order valence-electron chi connectivity index (χ1n) is 4.61. The lowest BCUT2D eigenvalue weighted by Gasteiger charge is -2.06. The zero-order chi connectivity index (χ0) is 9.42. The van der Waals surface area contributed by atoms with E-state index in [1.54, 1.807) is 6.92 Å². The number of nitrogens with zero attached hydrogens (tertiary/aromatic N) is 1. The molecule has 0 aliphatic heterocycles. The Kier molecular flexibility index (Phi) is 1.87. The lowest BCUT2D eigenvalue weighted by molar-refractivity contribution is 0.101. The first-order chi connectivity index (χ1) is 6.18. The van der Waals surface area contributed by atoms with Crippen LogP contribution < -0.4 is 5.32 Å². The quantitative estimate of drug-likeness (QED) is 0.716. The average molecular weight is 178 g/mol. The number of rotatable bonds is 3. The molecule has 0 unspecified atom stereocenters.